The predicted molar refractivity (Wildman–Crippen MR) is 391 cm³/mol. The van der Waals surface area contributed by atoms with Gasteiger partial charge in [-0.25, -0.2) is 43.1 Å². The summed E-state index contributed by atoms with van der Waals surface area (Å²) in [6.45, 7) is 12.7. The van der Waals surface area contributed by atoms with Crippen molar-refractivity contribution in [2.75, 3.05) is 67.2 Å². The van der Waals surface area contributed by atoms with Gasteiger partial charge < -0.3 is 53.8 Å². The maximum atomic E-state index is 13.7. The molecule has 5 aliphatic heterocycles. The number of nitrogens with zero attached hydrogens (tertiary/aromatic N) is 15. The van der Waals surface area contributed by atoms with Gasteiger partial charge in [0, 0.05) is 205 Å². The summed E-state index contributed by atoms with van der Waals surface area (Å²) < 4.78 is 47.2. The third kappa shape index (κ3) is 13.1. The number of fused-ring (bicyclic) bond motifs is 6. The highest BCUT2D eigenvalue weighted by atomic mass is 32.1. The first-order valence-corrected chi connectivity index (χ1v) is 36.7. The molecule has 8 aromatic heterocycles. The first-order valence-electron chi connectivity index (χ1n) is 35.9. The Morgan fingerprint density at radius 2 is 1.01 bits per heavy atom. The smallest absolute Gasteiger partial charge is 0.317 e. The summed E-state index contributed by atoms with van der Waals surface area (Å²) in [7, 11) is 6.89. The summed E-state index contributed by atoms with van der Waals surface area (Å²) in [5.74, 6) is 1.42. The van der Waals surface area contributed by atoms with Crippen LogP contribution in [0, 0.1) is 13.8 Å². The second-order valence-corrected chi connectivity index (χ2v) is 29.4. The number of pyridine rings is 3. The summed E-state index contributed by atoms with van der Waals surface area (Å²) in [4.78, 5) is 78.0. The zero-order chi connectivity index (χ0) is 70.8. The third-order valence-electron chi connectivity index (χ3n) is 21.5. The van der Waals surface area contributed by atoms with Gasteiger partial charge in [-0.1, -0.05) is 48.5 Å². The molecule has 4 fully saturated rings. The van der Waals surface area contributed by atoms with Gasteiger partial charge in [0.2, 0.25) is 5.92 Å². The number of halogens is 2. The Labute approximate surface area is 599 Å². The molecule has 18 rings (SSSR count). The highest BCUT2D eigenvalue weighted by Crippen LogP contribution is 2.50. The van der Waals surface area contributed by atoms with Crippen molar-refractivity contribution in [1.29, 1.82) is 0 Å². The molecule has 2 saturated heterocycles. The molecule has 3 aromatic carbocycles. The fourth-order valence-corrected chi connectivity index (χ4v) is 16.6. The van der Waals surface area contributed by atoms with E-state index in [0.717, 1.165) is 192 Å². The topological polar surface area (TPSA) is 238 Å². The average molecular weight is 1410 g/mol. The average Bonchev–Trinajstić information content (AvgIpc) is 1.63. The fourth-order valence-electron chi connectivity index (χ4n) is 15.8. The van der Waals surface area contributed by atoms with E-state index < -0.39 is 5.92 Å². The number of alkyl halides is 2. The molecule has 0 atom stereocenters. The van der Waals surface area contributed by atoms with E-state index in [1.54, 1.807) is 42.1 Å². The van der Waals surface area contributed by atoms with Crippen LogP contribution in [0.3, 0.4) is 0 Å². The zero-order valence-corrected chi connectivity index (χ0v) is 59.7. The van der Waals surface area contributed by atoms with Gasteiger partial charge in [0.25, 0.3) is 0 Å². The van der Waals surface area contributed by atoms with Crippen LogP contribution in [0.5, 0.6) is 0 Å². The summed E-state index contributed by atoms with van der Waals surface area (Å²) in [6, 6.07) is 22.9. The van der Waals surface area contributed by atoms with Gasteiger partial charge in [-0.3, -0.25) is 19.6 Å². The van der Waals surface area contributed by atoms with E-state index >= 15 is 0 Å². The van der Waals surface area contributed by atoms with Gasteiger partial charge >= 0.3 is 18.1 Å². The van der Waals surface area contributed by atoms with Gasteiger partial charge in [-0.05, 0) is 92.3 Å². The maximum absolute atomic E-state index is 13.7. The number of imidazole rings is 3. The van der Waals surface area contributed by atoms with Gasteiger partial charge in [0.1, 0.15) is 17.5 Å². The number of rotatable bonds is 9. The van der Waals surface area contributed by atoms with E-state index in [2.05, 4.69) is 101 Å². The van der Waals surface area contributed by atoms with Crippen molar-refractivity contribution in [3.63, 3.8) is 0 Å². The van der Waals surface area contributed by atoms with Crippen molar-refractivity contribution in [3.05, 3.63) is 155 Å². The summed E-state index contributed by atoms with van der Waals surface area (Å²) in [5.41, 5.74) is 14.0. The van der Waals surface area contributed by atoms with Crippen LogP contribution in [-0.2, 0) is 55.8 Å². The Morgan fingerprint density at radius 1 is 0.524 bits per heavy atom. The summed E-state index contributed by atoms with van der Waals surface area (Å²) in [5, 5.41) is 20.0. The van der Waals surface area contributed by atoms with E-state index in [1.807, 2.05) is 73.1 Å². The molecular weight excluding hydrogens is 1330 g/mol. The molecule has 0 unspecified atom stereocenters. The number of carbonyl (C=O) groups is 3. The number of ether oxygens (including phenoxy) is 2. The fraction of sp³-hybridized carbons (Fsp3) is 0.416. The Hall–Kier alpha value is -10.1. The van der Waals surface area contributed by atoms with Gasteiger partial charge in [0.05, 0.1) is 81.3 Å². The van der Waals surface area contributed by atoms with E-state index in [0.29, 0.717) is 69.4 Å². The normalized spacial score (nSPS) is 17.6. The number of nitrogens with one attached hydrogen (secondary N) is 3. The molecule has 11 aromatic rings. The molecule has 23 nitrogen and oxygen atoms in total. The standard InChI is InChI=1S/C27H30N6O2S.C26H29F2N5O2.C24H25N7O/c1-16-4-5-19-12-21(23-14-29-17(2)36-23)30-13-20(19)24(16)25-22-15-32(27(34)28-3)8-9-33(22)26(31-25)18-6-10-35-11-7-18;1-29-25(34)32-7-8-33-22(15-32)23(31-24(33)18-12-26(27,28)13-18)19-4-2-3-17-11-21(30-14-20(17)19)16-5-9-35-10-6-16;1-25-24(32)30-8-9-31-21(14-30)22(28-23(31)15-6-7-15)18-5-3-4-16-10-20(26-12-19(16)18)17-11-27-29(2)13-17/h4-5,12-14,18H,6-11,15H2,1-3H3,(H,28,34);2-4,11,14,16,18H,5-10,12-13,15H2,1H3,(H,29,34);3-5,10-13,15H,6-9,14H2,1-2H3,(H,25,32). The lowest BCUT2D eigenvalue weighted by atomic mass is 9.80. The second-order valence-electron chi connectivity index (χ2n) is 28.1. The molecule has 532 valence electrons. The number of amides is 6. The number of thiazole rings is 1. The minimum atomic E-state index is -2.62. The lowest BCUT2D eigenvalue weighted by molar-refractivity contribution is -0.0892. The number of carbonyl (C=O) groups excluding carboxylic acids is 3. The molecule has 13 heterocycles. The highest BCUT2D eigenvalue weighted by Gasteiger charge is 2.49. The van der Waals surface area contributed by atoms with Gasteiger partial charge in [-0.15, -0.1) is 11.3 Å². The zero-order valence-electron chi connectivity index (χ0n) is 58.9. The van der Waals surface area contributed by atoms with Crippen molar-refractivity contribution in [2.45, 2.75) is 134 Å². The molecule has 0 bridgehead atoms. The quantitative estimate of drug-likeness (QED) is 0.122. The Kier molecular flexibility index (Phi) is 18.3. The number of benzene rings is 3. The first kappa shape index (κ1) is 67.4. The van der Waals surface area contributed by atoms with E-state index in [1.165, 1.54) is 18.7 Å². The Bertz CT molecular complexity index is 5070. The predicted octanol–water partition coefficient (Wildman–Crippen LogP) is 13.1. The molecule has 7 aliphatic rings. The number of hydrogen-bond donors (Lipinski definition) is 3. The lowest BCUT2D eigenvalue weighted by Crippen LogP contribution is -2.43. The van der Waals surface area contributed by atoms with Crippen LogP contribution in [0.4, 0.5) is 23.2 Å². The molecule has 6 amide bonds. The second kappa shape index (κ2) is 28.0. The number of aromatic nitrogens is 12. The van der Waals surface area contributed by atoms with Crippen LogP contribution in [-0.4, -0.2) is 164 Å². The van der Waals surface area contributed by atoms with Crippen LogP contribution < -0.4 is 16.0 Å². The number of aryl methyl sites for hydroxylation is 3. The Morgan fingerprint density at radius 3 is 1.53 bits per heavy atom. The van der Waals surface area contributed by atoms with Crippen LogP contribution in [0.15, 0.2) is 104 Å². The minimum absolute atomic E-state index is 0.0444. The molecule has 0 radical (unpaired) electrons. The van der Waals surface area contributed by atoms with Gasteiger partial charge in [-0.2, -0.15) is 5.10 Å². The van der Waals surface area contributed by atoms with Crippen LogP contribution in [0.2, 0.25) is 0 Å². The van der Waals surface area contributed by atoms with E-state index in [9.17, 15) is 23.2 Å². The van der Waals surface area contributed by atoms with Crippen molar-refractivity contribution < 1.29 is 32.6 Å². The van der Waals surface area contributed by atoms with Crippen LogP contribution in [0.1, 0.15) is 126 Å². The molecule has 0 spiro atoms. The van der Waals surface area contributed by atoms with Crippen molar-refractivity contribution in [3.8, 4) is 55.6 Å². The number of urea groups is 3. The SMILES string of the molecule is CNC(=O)N1CCn2c(C3CC(F)(F)C3)nc(-c3cccc4cc(C5CCOCC5)ncc34)c2C1.CNC(=O)N1CCn2c(C3CC3)nc(-c3cccc4cc(-c5cnn(C)c5)ncc34)c2C1.CNC(=O)N1CCn2c(C3CCOCC3)nc(-c3c(C)ccc4cc(-c5cnc(C)s5)ncc34)c2C1. The lowest BCUT2D eigenvalue weighted by Gasteiger charge is -2.36. The monoisotopic (exact) mass is 1410 g/mol. The van der Waals surface area contributed by atoms with Crippen LogP contribution in [0.25, 0.3) is 87.9 Å². The van der Waals surface area contributed by atoms with Gasteiger partial charge in [0.15, 0.2) is 0 Å². The van der Waals surface area contributed by atoms with Crippen molar-refractivity contribution >= 4 is 61.7 Å². The van der Waals surface area contributed by atoms with Crippen molar-refractivity contribution in [1.82, 2.24) is 89.0 Å². The first-order chi connectivity index (χ1) is 50.1. The van der Waals surface area contributed by atoms with E-state index in [4.69, 9.17) is 39.4 Å². The van der Waals surface area contributed by atoms with Crippen LogP contribution >= 0.6 is 11.3 Å². The van der Waals surface area contributed by atoms with Crippen molar-refractivity contribution in [2.24, 2.45) is 7.05 Å². The number of hydrogen-bond acceptors (Lipinski definition) is 14. The van der Waals surface area contributed by atoms with E-state index in [-0.39, 0.29) is 36.9 Å². The summed E-state index contributed by atoms with van der Waals surface area (Å²) >= 11 is 1.65. The molecule has 3 N–H and O–H groups in total. The molecule has 26 heteroatoms. The minimum Gasteiger partial charge on any atom is -0.381 e. The molecule has 2 saturated carbocycles. The molecule has 2 aliphatic carbocycles. The molecular formula is C77H84F2N18O5S. The maximum Gasteiger partial charge on any atom is 0.317 e. The third-order valence-corrected chi connectivity index (χ3v) is 22.5. The largest absolute Gasteiger partial charge is 0.381 e. The summed E-state index contributed by atoms with van der Waals surface area (Å²) in [6.07, 6.45) is 17.5. The Balaban J connectivity index is 0.000000119. The highest BCUT2D eigenvalue weighted by molar-refractivity contribution is 7.15. The molecule has 103 heavy (non-hydrogen) atoms.